The van der Waals surface area contributed by atoms with Crippen LogP contribution in [0, 0.1) is 0 Å². The summed E-state index contributed by atoms with van der Waals surface area (Å²) in [5.74, 6) is -1.24. The number of nitrogens with zero attached hydrogens (tertiary/aromatic N) is 1. The number of aromatic carboxylic acids is 1. The fourth-order valence-electron chi connectivity index (χ4n) is 3.39. The summed E-state index contributed by atoms with van der Waals surface area (Å²) >= 11 is 1.21. The number of carboxylic acid groups (broad SMARTS) is 1. The first-order chi connectivity index (χ1) is 13.5. The summed E-state index contributed by atoms with van der Waals surface area (Å²) in [5, 5.41) is 12.3. The molecule has 1 fully saturated rings. The van der Waals surface area contributed by atoms with E-state index in [0.29, 0.717) is 13.2 Å². The molecule has 28 heavy (non-hydrogen) atoms. The van der Waals surface area contributed by atoms with Gasteiger partial charge in [-0.15, -0.1) is 11.3 Å². The highest BCUT2D eigenvalue weighted by Gasteiger charge is 2.25. The van der Waals surface area contributed by atoms with Gasteiger partial charge in [0, 0.05) is 17.5 Å². The summed E-state index contributed by atoms with van der Waals surface area (Å²) in [6.07, 6.45) is 3.39. The largest absolute Gasteiger partial charge is 0.477 e. The molecule has 0 spiro atoms. The van der Waals surface area contributed by atoms with Crippen LogP contribution in [0.5, 0.6) is 0 Å². The van der Waals surface area contributed by atoms with Crippen molar-refractivity contribution in [2.24, 2.45) is 0 Å². The second-order valence-corrected chi connectivity index (χ2v) is 8.22. The zero-order valence-electron chi connectivity index (χ0n) is 16.0. The van der Waals surface area contributed by atoms with Crippen molar-refractivity contribution in [1.82, 2.24) is 10.2 Å². The van der Waals surface area contributed by atoms with Crippen molar-refractivity contribution >= 4 is 23.3 Å². The van der Waals surface area contributed by atoms with Gasteiger partial charge in [-0.25, -0.2) is 9.59 Å². The molecular formula is C21H26N2O4S. The van der Waals surface area contributed by atoms with E-state index in [0.717, 1.165) is 29.8 Å². The number of likely N-dealkylation sites (N-methyl/N-ethyl adjacent to an activating group) is 1. The maximum absolute atomic E-state index is 12.8. The van der Waals surface area contributed by atoms with Crippen molar-refractivity contribution in [1.29, 1.82) is 0 Å². The Labute approximate surface area is 169 Å². The highest BCUT2D eigenvalue weighted by Crippen LogP contribution is 2.21. The fourth-order valence-corrected chi connectivity index (χ4v) is 4.19. The standard InChI is InChI=1S/C21H26N2O4S/c1-23-12-6-5-9-16(23)14-27-21(26)19(15-7-3-2-4-8-15)22-13-17-10-11-18(28-17)20(24)25/h2-4,7-8,10-11,16,19,22H,5-6,9,12-14H2,1H3,(H,24,25)/t16-,19?/m1/s1. The van der Waals surface area contributed by atoms with Gasteiger partial charge in [0.15, 0.2) is 0 Å². The molecule has 7 heteroatoms. The lowest BCUT2D eigenvalue weighted by Crippen LogP contribution is -2.41. The molecule has 1 saturated heterocycles. The molecule has 6 nitrogen and oxygen atoms in total. The van der Waals surface area contributed by atoms with Crippen LogP contribution in [0.2, 0.25) is 0 Å². The summed E-state index contributed by atoms with van der Waals surface area (Å²) in [5.41, 5.74) is 0.833. The topological polar surface area (TPSA) is 78.9 Å². The zero-order chi connectivity index (χ0) is 19.9. The number of benzene rings is 1. The van der Waals surface area contributed by atoms with E-state index in [2.05, 4.69) is 17.3 Å². The van der Waals surface area contributed by atoms with Gasteiger partial charge >= 0.3 is 11.9 Å². The van der Waals surface area contributed by atoms with Gasteiger partial charge in [0.25, 0.3) is 0 Å². The number of hydrogen-bond acceptors (Lipinski definition) is 6. The van der Waals surface area contributed by atoms with Crippen LogP contribution in [0.15, 0.2) is 42.5 Å². The van der Waals surface area contributed by atoms with Crippen molar-refractivity contribution in [2.45, 2.75) is 37.9 Å². The molecule has 0 bridgehead atoms. The normalized spacial score (nSPS) is 18.5. The van der Waals surface area contributed by atoms with Gasteiger partial charge in [-0.05, 0) is 44.1 Å². The van der Waals surface area contributed by atoms with Crippen LogP contribution in [-0.4, -0.2) is 48.2 Å². The minimum Gasteiger partial charge on any atom is -0.477 e. The van der Waals surface area contributed by atoms with Crippen molar-refractivity contribution < 1.29 is 19.4 Å². The third kappa shape index (κ3) is 5.41. The quantitative estimate of drug-likeness (QED) is 0.660. The number of thiophene rings is 1. The molecule has 1 aromatic carbocycles. The predicted molar refractivity (Wildman–Crippen MR) is 109 cm³/mol. The van der Waals surface area contributed by atoms with Gasteiger partial charge in [0.05, 0.1) is 0 Å². The number of carboxylic acids is 1. The lowest BCUT2D eigenvalue weighted by Gasteiger charge is -2.32. The molecular weight excluding hydrogens is 376 g/mol. The minimum absolute atomic E-state index is 0.268. The second kappa shape index (κ2) is 9.82. The molecule has 2 aromatic rings. The van der Waals surface area contributed by atoms with Gasteiger partial charge < -0.3 is 14.7 Å². The number of carbonyl (C=O) groups excluding carboxylic acids is 1. The van der Waals surface area contributed by atoms with E-state index < -0.39 is 12.0 Å². The molecule has 2 heterocycles. The van der Waals surface area contributed by atoms with Crippen LogP contribution in [0.4, 0.5) is 0 Å². The Morgan fingerprint density at radius 3 is 2.71 bits per heavy atom. The molecule has 0 radical (unpaired) electrons. The Morgan fingerprint density at radius 2 is 2.04 bits per heavy atom. The molecule has 150 valence electrons. The van der Waals surface area contributed by atoms with E-state index in [9.17, 15) is 9.59 Å². The third-order valence-electron chi connectivity index (χ3n) is 5.06. The van der Waals surface area contributed by atoms with E-state index >= 15 is 0 Å². The molecule has 3 rings (SSSR count). The first kappa shape index (κ1) is 20.5. The molecule has 1 aliphatic heterocycles. The van der Waals surface area contributed by atoms with Gasteiger partial charge in [-0.2, -0.15) is 0 Å². The summed E-state index contributed by atoms with van der Waals surface area (Å²) in [4.78, 5) is 27.3. The smallest absolute Gasteiger partial charge is 0.345 e. The van der Waals surface area contributed by atoms with Crippen molar-refractivity contribution in [2.75, 3.05) is 20.2 Å². The first-order valence-electron chi connectivity index (χ1n) is 9.52. The molecule has 0 saturated carbocycles. The van der Waals surface area contributed by atoms with Crippen molar-refractivity contribution in [3.63, 3.8) is 0 Å². The van der Waals surface area contributed by atoms with E-state index in [1.54, 1.807) is 12.1 Å². The summed E-state index contributed by atoms with van der Waals surface area (Å²) in [7, 11) is 2.07. The molecule has 0 aliphatic carbocycles. The van der Waals surface area contributed by atoms with E-state index in [1.807, 2.05) is 30.3 Å². The number of likely N-dealkylation sites (tertiary alicyclic amines) is 1. The van der Waals surface area contributed by atoms with Gasteiger partial charge in [0.1, 0.15) is 17.5 Å². The Hall–Kier alpha value is -2.22. The zero-order valence-corrected chi connectivity index (χ0v) is 16.8. The fraction of sp³-hybridized carbons (Fsp3) is 0.429. The molecule has 2 atom stereocenters. The Balaban J connectivity index is 1.64. The number of piperidine rings is 1. The number of esters is 1. The monoisotopic (exact) mass is 402 g/mol. The van der Waals surface area contributed by atoms with Crippen LogP contribution in [-0.2, 0) is 16.1 Å². The second-order valence-electron chi connectivity index (χ2n) is 7.06. The number of hydrogen-bond donors (Lipinski definition) is 2. The maximum atomic E-state index is 12.8. The highest BCUT2D eigenvalue weighted by molar-refractivity contribution is 7.13. The Bertz CT molecular complexity index is 793. The molecule has 1 unspecified atom stereocenters. The molecule has 0 amide bonds. The van der Waals surface area contributed by atoms with E-state index in [4.69, 9.17) is 9.84 Å². The molecule has 1 aromatic heterocycles. The van der Waals surface area contributed by atoms with Crippen molar-refractivity contribution in [3.8, 4) is 0 Å². The van der Waals surface area contributed by atoms with Gasteiger partial charge in [0.2, 0.25) is 0 Å². The lowest BCUT2D eigenvalue weighted by molar-refractivity contribution is -0.148. The van der Waals surface area contributed by atoms with Gasteiger partial charge in [-0.3, -0.25) is 5.32 Å². The summed E-state index contributed by atoms with van der Waals surface area (Å²) < 4.78 is 5.67. The lowest BCUT2D eigenvalue weighted by atomic mass is 10.0. The number of rotatable bonds is 8. The highest BCUT2D eigenvalue weighted by atomic mass is 32.1. The van der Waals surface area contributed by atoms with Crippen molar-refractivity contribution in [3.05, 3.63) is 57.8 Å². The van der Waals surface area contributed by atoms with E-state index in [1.165, 1.54) is 17.8 Å². The van der Waals surface area contributed by atoms with E-state index in [-0.39, 0.29) is 16.9 Å². The predicted octanol–water partition coefficient (Wildman–Crippen LogP) is 3.30. The van der Waals surface area contributed by atoms with Crippen LogP contribution in [0.3, 0.4) is 0 Å². The number of nitrogens with one attached hydrogen (secondary N) is 1. The van der Waals surface area contributed by atoms with Crippen LogP contribution in [0.1, 0.15) is 45.4 Å². The maximum Gasteiger partial charge on any atom is 0.345 e. The average Bonchev–Trinajstić information content (AvgIpc) is 3.18. The number of ether oxygens (including phenoxy) is 1. The molecule has 1 aliphatic rings. The summed E-state index contributed by atoms with van der Waals surface area (Å²) in [6, 6.07) is 12.5. The summed E-state index contributed by atoms with van der Waals surface area (Å²) in [6.45, 7) is 1.82. The third-order valence-corrected chi connectivity index (χ3v) is 6.13. The van der Waals surface area contributed by atoms with Crippen LogP contribution < -0.4 is 5.32 Å². The minimum atomic E-state index is -0.938. The Kier molecular flexibility index (Phi) is 7.19. The van der Waals surface area contributed by atoms with Gasteiger partial charge in [-0.1, -0.05) is 36.8 Å². The van der Waals surface area contributed by atoms with Crippen LogP contribution in [0.25, 0.3) is 0 Å². The Morgan fingerprint density at radius 1 is 1.25 bits per heavy atom. The first-order valence-corrected chi connectivity index (χ1v) is 10.3. The molecule has 2 N–H and O–H groups in total. The average molecular weight is 403 g/mol. The van der Waals surface area contributed by atoms with Crippen LogP contribution >= 0.6 is 11.3 Å². The number of carbonyl (C=O) groups is 2. The SMILES string of the molecule is CN1CCCC[C@@H]1COC(=O)C(NCc1ccc(C(=O)O)s1)c1ccccc1.